The maximum absolute atomic E-state index is 11.4. The monoisotopic (exact) mass is 418 g/mol. The first-order chi connectivity index (χ1) is 10.1. The highest BCUT2D eigenvalue weighted by atomic mass is 127. The van der Waals surface area contributed by atoms with E-state index >= 15 is 0 Å². The summed E-state index contributed by atoms with van der Waals surface area (Å²) in [6, 6.07) is 10.1. The molecule has 0 aromatic heterocycles. The molecule has 0 atom stereocenters. The van der Waals surface area contributed by atoms with Gasteiger partial charge in [-0.3, -0.25) is 4.79 Å². The van der Waals surface area contributed by atoms with Crippen LogP contribution in [0.2, 0.25) is 0 Å². The molecular formula is C16H27IN4O. The number of nitrogens with zero attached hydrogens (tertiary/aromatic N) is 1. The molecule has 0 aliphatic rings. The van der Waals surface area contributed by atoms with E-state index in [0.29, 0.717) is 19.6 Å². The summed E-state index contributed by atoms with van der Waals surface area (Å²) in [5.41, 5.74) is 1.17. The molecule has 0 heterocycles. The lowest BCUT2D eigenvalue weighted by molar-refractivity contribution is -0.123. The molecule has 0 unspecified atom stereocenters. The normalized spacial score (nSPS) is 10.8. The minimum Gasteiger partial charge on any atom is -0.357 e. The Kier molecular flexibility index (Phi) is 11.5. The molecule has 1 aromatic rings. The van der Waals surface area contributed by atoms with E-state index in [-0.39, 0.29) is 35.8 Å². The van der Waals surface area contributed by atoms with E-state index < -0.39 is 0 Å². The van der Waals surface area contributed by atoms with Crippen molar-refractivity contribution in [3.63, 3.8) is 0 Å². The summed E-state index contributed by atoms with van der Waals surface area (Å²) in [6.45, 7) is 8.47. The number of benzene rings is 1. The summed E-state index contributed by atoms with van der Waals surface area (Å²) < 4.78 is 0. The van der Waals surface area contributed by atoms with Gasteiger partial charge in [0.15, 0.2) is 5.96 Å². The first-order valence-electron chi connectivity index (χ1n) is 7.47. The lowest BCUT2D eigenvalue weighted by Gasteiger charge is -2.12. The Labute approximate surface area is 150 Å². The van der Waals surface area contributed by atoms with Crippen LogP contribution < -0.4 is 16.0 Å². The van der Waals surface area contributed by atoms with Crippen molar-refractivity contribution in [1.82, 2.24) is 16.0 Å². The molecule has 3 N–H and O–H groups in total. The van der Waals surface area contributed by atoms with E-state index in [1.807, 2.05) is 39.0 Å². The number of hydrogen-bond donors (Lipinski definition) is 3. The zero-order valence-electron chi connectivity index (χ0n) is 13.6. The second-order valence-electron chi connectivity index (χ2n) is 5.05. The van der Waals surface area contributed by atoms with Gasteiger partial charge in [-0.1, -0.05) is 44.2 Å². The van der Waals surface area contributed by atoms with Crippen LogP contribution in [0.25, 0.3) is 0 Å². The molecule has 0 bridgehead atoms. The van der Waals surface area contributed by atoms with E-state index in [9.17, 15) is 4.79 Å². The molecule has 1 amide bonds. The molecule has 5 nitrogen and oxygen atoms in total. The van der Waals surface area contributed by atoms with Gasteiger partial charge in [-0.05, 0) is 12.5 Å². The van der Waals surface area contributed by atoms with E-state index in [2.05, 4.69) is 33.1 Å². The smallest absolute Gasteiger partial charge is 0.222 e. The first kappa shape index (κ1) is 20.7. The molecule has 0 radical (unpaired) electrons. The Morgan fingerprint density at radius 2 is 1.73 bits per heavy atom. The first-order valence-corrected chi connectivity index (χ1v) is 7.47. The fourth-order valence-electron chi connectivity index (χ4n) is 1.67. The zero-order valence-corrected chi connectivity index (χ0v) is 15.9. The van der Waals surface area contributed by atoms with Crippen molar-refractivity contribution in [3.05, 3.63) is 35.9 Å². The molecule has 0 aliphatic heterocycles. The molecule has 22 heavy (non-hydrogen) atoms. The van der Waals surface area contributed by atoms with Crippen LogP contribution >= 0.6 is 24.0 Å². The van der Waals surface area contributed by atoms with Gasteiger partial charge in [-0.25, -0.2) is 4.99 Å². The van der Waals surface area contributed by atoms with Crippen LogP contribution in [-0.4, -0.2) is 31.5 Å². The van der Waals surface area contributed by atoms with Gasteiger partial charge in [0, 0.05) is 25.6 Å². The van der Waals surface area contributed by atoms with Gasteiger partial charge in [0.2, 0.25) is 5.91 Å². The third-order valence-electron chi connectivity index (χ3n) is 2.85. The number of rotatable bonds is 7. The molecule has 0 fully saturated rings. The maximum atomic E-state index is 11.4. The molecule has 0 spiro atoms. The van der Waals surface area contributed by atoms with Crippen molar-refractivity contribution in [2.45, 2.75) is 27.3 Å². The van der Waals surface area contributed by atoms with E-state index in [0.717, 1.165) is 12.5 Å². The molecule has 1 aromatic carbocycles. The summed E-state index contributed by atoms with van der Waals surface area (Å²) in [6.07, 6.45) is 0. The van der Waals surface area contributed by atoms with Gasteiger partial charge < -0.3 is 16.0 Å². The van der Waals surface area contributed by atoms with Gasteiger partial charge in [0.05, 0.1) is 6.54 Å². The van der Waals surface area contributed by atoms with Crippen molar-refractivity contribution in [1.29, 1.82) is 0 Å². The summed E-state index contributed by atoms with van der Waals surface area (Å²) in [4.78, 5) is 16.0. The van der Waals surface area contributed by atoms with Gasteiger partial charge in [0.25, 0.3) is 0 Å². The standard InChI is InChI=1S/C16H26N4O.HI/c1-4-17-16(19-11-10-18-15(21)13(2)3)20-12-14-8-6-5-7-9-14;/h5-9,13H,4,10-12H2,1-3H3,(H,18,21)(H2,17,19,20);1H. The van der Waals surface area contributed by atoms with Crippen LogP contribution in [0.4, 0.5) is 0 Å². The average molecular weight is 418 g/mol. The minimum atomic E-state index is 0. The summed E-state index contributed by atoms with van der Waals surface area (Å²) >= 11 is 0. The quantitative estimate of drug-likeness (QED) is 0.275. The Morgan fingerprint density at radius 1 is 1.09 bits per heavy atom. The number of aliphatic imine (C=N–C) groups is 1. The average Bonchev–Trinajstić information content (AvgIpc) is 2.49. The van der Waals surface area contributed by atoms with Crippen LogP contribution in [0.3, 0.4) is 0 Å². The fraction of sp³-hybridized carbons (Fsp3) is 0.500. The predicted molar refractivity (Wildman–Crippen MR) is 103 cm³/mol. The van der Waals surface area contributed by atoms with Crippen LogP contribution in [-0.2, 0) is 11.3 Å². The van der Waals surface area contributed by atoms with E-state index in [1.165, 1.54) is 5.56 Å². The fourth-order valence-corrected chi connectivity index (χ4v) is 1.67. The lowest BCUT2D eigenvalue weighted by Crippen LogP contribution is -2.42. The van der Waals surface area contributed by atoms with Crippen molar-refractivity contribution in [3.8, 4) is 0 Å². The Morgan fingerprint density at radius 3 is 2.32 bits per heavy atom. The largest absolute Gasteiger partial charge is 0.357 e. The Hall–Kier alpha value is -1.31. The Balaban J connectivity index is 0.00000441. The number of guanidine groups is 1. The number of carbonyl (C=O) groups is 1. The van der Waals surface area contributed by atoms with Gasteiger partial charge in [-0.15, -0.1) is 24.0 Å². The van der Waals surface area contributed by atoms with Crippen molar-refractivity contribution in [2.75, 3.05) is 19.6 Å². The van der Waals surface area contributed by atoms with Crippen LogP contribution in [0.1, 0.15) is 26.3 Å². The van der Waals surface area contributed by atoms with Gasteiger partial charge in [-0.2, -0.15) is 0 Å². The second-order valence-corrected chi connectivity index (χ2v) is 5.05. The second kappa shape index (κ2) is 12.3. The third kappa shape index (κ3) is 8.86. The summed E-state index contributed by atoms with van der Waals surface area (Å²) in [5.74, 6) is 0.855. The molecule has 0 saturated heterocycles. The van der Waals surface area contributed by atoms with Crippen molar-refractivity contribution < 1.29 is 4.79 Å². The number of carbonyl (C=O) groups excluding carboxylic acids is 1. The van der Waals surface area contributed by atoms with Crippen molar-refractivity contribution >= 4 is 35.8 Å². The Bertz CT molecular complexity index is 449. The topological polar surface area (TPSA) is 65.5 Å². The molecule has 0 saturated carbocycles. The highest BCUT2D eigenvalue weighted by Gasteiger charge is 2.05. The molecule has 124 valence electrons. The van der Waals surface area contributed by atoms with Gasteiger partial charge >= 0.3 is 0 Å². The molecule has 0 aliphatic carbocycles. The molecule has 1 rings (SSSR count). The lowest BCUT2D eigenvalue weighted by atomic mass is 10.2. The molecular weight excluding hydrogens is 391 g/mol. The van der Waals surface area contributed by atoms with Crippen LogP contribution in [0, 0.1) is 5.92 Å². The van der Waals surface area contributed by atoms with Gasteiger partial charge in [0.1, 0.15) is 0 Å². The summed E-state index contributed by atoms with van der Waals surface area (Å²) in [5, 5.41) is 9.27. The highest BCUT2D eigenvalue weighted by molar-refractivity contribution is 14.0. The number of nitrogens with one attached hydrogen (secondary N) is 3. The number of halogens is 1. The van der Waals surface area contributed by atoms with E-state index in [4.69, 9.17) is 0 Å². The van der Waals surface area contributed by atoms with E-state index in [1.54, 1.807) is 0 Å². The SMILES string of the molecule is CCNC(=NCc1ccccc1)NCCNC(=O)C(C)C.I. The minimum absolute atomic E-state index is 0. The number of hydrogen-bond acceptors (Lipinski definition) is 2. The third-order valence-corrected chi connectivity index (χ3v) is 2.85. The molecule has 6 heteroatoms. The van der Waals surface area contributed by atoms with Crippen LogP contribution in [0.5, 0.6) is 0 Å². The zero-order chi connectivity index (χ0) is 15.5. The number of amides is 1. The maximum Gasteiger partial charge on any atom is 0.222 e. The highest BCUT2D eigenvalue weighted by Crippen LogP contribution is 1.99. The van der Waals surface area contributed by atoms with Crippen molar-refractivity contribution in [2.24, 2.45) is 10.9 Å². The predicted octanol–water partition coefficient (Wildman–Crippen LogP) is 2.13. The summed E-state index contributed by atoms with van der Waals surface area (Å²) in [7, 11) is 0. The van der Waals surface area contributed by atoms with Crippen LogP contribution in [0.15, 0.2) is 35.3 Å².